The molecule has 0 spiro atoms. The Morgan fingerprint density at radius 2 is 1.60 bits per heavy atom. The minimum absolute atomic E-state index is 0.504. The summed E-state index contributed by atoms with van der Waals surface area (Å²) in [6.07, 6.45) is 6.83. The number of nitrogens with one attached hydrogen (secondary N) is 1. The van der Waals surface area contributed by atoms with Crippen LogP contribution in [0.3, 0.4) is 0 Å². The molecule has 0 unspecified atom stereocenters. The molecule has 1 aliphatic carbocycles. The van der Waals surface area contributed by atoms with Crippen LogP contribution in [0.4, 0.5) is 0 Å². The second-order valence-electron chi connectivity index (χ2n) is 7.32. The van der Waals surface area contributed by atoms with Gasteiger partial charge in [-0.25, -0.2) is 0 Å². The molecular formula is C19H31N. The van der Waals surface area contributed by atoms with Gasteiger partial charge in [-0.2, -0.15) is 0 Å². The molecule has 1 aromatic carbocycles. The van der Waals surface area contributed by atoms with Crippen molar-refractivity contribution in [2.75, 3.05) is 6.54 Å². The molecule has 0 aromatic heterocycles. The first-order chi connectivity index (χ1) is 9.51. The van der Waals surface area contributed by atoms with Crippen LogP contribution >= 0.6 is 0 Å². The highest BCUT2D eigenvalue weighted by Gasteiger charge is 2.33. The van der Waals surface area contributed by atoms with Crippen LogP contribution in [-0.2, 0) is 6.42 Å². The Hall–Kier alpha value is -0.820. The fraction of sp³-hybridized carbons (Fsp3) is 0.684. The Morgan fingerprint density at radius 1 is 1.00 bits per heavy atom. The van der Waals surface area contributed by atoms with Crippen molar-refractivity contribution in [1.82, 2.24) is 5.32 Å². The summed E-state index contributed by atoms with van der Waals surface area (Å²) in [6, 6.07) is 9.93. The molecule has 1 aliphatic rings. The Labute approximate surface area is 125 Å². The summed E-state index contributed by atoms with van der Waals surface area (Å²) in [5, 5.41) is 3.68. The first-order valence-electron chi connectivity index (χ1n) is 8.33. The predicted octanol–water partition coefficient (Wildman–Crippen LogP) is 4.91. The van der Waals surface area contributed by atoms with E-state index in [1.165, 1.54) is 49.8 Å². The van der Waals surface area contributed by atoms with Crippen LogP contribution in [0.25, 0.3) is 0 Å². The largest absolute Gasteiger partial charge is 0.314 e. The maximum absolute atomic E-state index is 3.68. The van der Waals surface area contributed by atoms with Gasteiger partial charge in [0.15, 0.2) is 0 Å². The summed E-state index contributed by atoms with van der Waals surface area (Å²) in [4.78, 5) is 0. The third-order valence-corrected chi connectivity index (χ3v) is 4.78. The summed E-state index contributed by atoms with van der Waals surface area (Å²) in [5.41, 5.74) is 3.47. The van der Waals surface area contributed by atoms with Crippen LogP contribution in [0, 0.1) is 5.41 Å². The van der Waals surface area contributed by atoms with Crippen molar-refractivity contribution in [3.05, 3.63) is 35.4 Å². The lowest BCUT2D eigenvalue weighted by Gasteiger charge is -2.31. The molecule has 2 rings (SSSR count). The van der Waals surface area contributed by atoms with Crippen LogP contribution in [0.15, 0.2) is 24.3 Å². The smallest absolute Gasteiger partial charge is 0.00134 e. The first kappa shape index (κ1) is 15.6. The highest BCUT2D eigenvalue weighted by Crippen LogP contribution is 2.40. The molecule has 0 bridgehead atoms. The highest BCUT2D eigenvalue weighted by molar-refractivity contribution is 5.25. The molecule has 0 heterocycles. The molecule has 1 heteroatoms. The van der Waals surface area contributed by atoms with Gasteiger partial charge in [0, 0.05) is 12.6 Å². The molecule has 20 heavy (non-hydrogen) atoms. The van der Waals surface area contributed by atoms with Crippen LogP contribution in [0.2, 0.25) is 0 Å². The number of rotatable bonds is 6. The molecule has 0 saturated heterocycles. The van der Waals surface area contributed by atoms with Crippen LogP contribution < -0.4 is 5.32 Å². The predicted molar refractivity (Wildman–Crippen MR) is 88.3 cm³/mol. The molecule has 1 N–H and O–H groups in total. The standard InChI is InChI=1S/C19H31N/c1-15(2)18-9-7-17(8-10-18)13-19(11-5-6-12-19)14-20-16(3)4/h7-10,15-16,20H,5-6,11-14H2,1-4H3. The Bertz CT molecular complexity index is 396. The average molecular weight is 273 g/mol. The SMILES string of the molecule is CC(C)NCC1(Cc2ccc(C(C)C)cc2)CCCC1. The van der Waals surface area contributed by atoms with Crippen molar-refractivity contribution < 1.29 is 0 Å². The average Bonchev–Trinajstić information content (AvgIpc) is 2.86. The topological polar surface area (TPSA) is 12.0 Å². The van der Waals surface area contributed by atoms with Gasteiger partial charge in [-0.05, 0) is 41.7 Å². The minimum Gasteiger partial charge on any atom is -0.314 e. The number of hydrogen-bond donors (Lipinski definition) is 1. The van der Waals surface area contributed by atoms with Crippen molar-refractivity contribution >= 4 is 0 Å². The van der Waals surface area contributed by atoms with Gasteiger partial charge in [-0.3, -0.25) is 0 Å². The Balaban J connectivity index is 2.04. The van der Waals surface area contributed by atoms with E-state index in [9.17, 15) is 0 Å². The summed E-state index contributed by atoms with van der Waals surface area (Å²) in [6.45, 7) is 10.2. The fourth-order valence-corrected chi connectivity index (χ4v) is 3.42. The van der Waals surface area contributed by atoms with Crippen molar-refractivity contribution in [2.45, 2.75) is 71.8 Å². The second kappa shape index (κ2) is 6.76. The maximum Gasteiger partial charge on any atom is 0.00134 e. The van der Waals surface area contributed by atoms with Gasteiger partial charge in [0.2, 0.25) is 0 Å². The lowest BCUT2D eigenvalue weighted by atomic mass is 9.79. The summed E-state index contributed by atoms with van der Waals surface area (Å²) in [7, 11) is 0. The van der Waals surface area contributed by atoms with E-state index in [4.69, 9.17) is 0 Å². The zero-order valence-corrected chi connectivity index (χ0v) is 13.7. The normalized spacial score (nSPS) is 18.1. The first-order valence-corrected chi connectivity index (χ1v) is 8.33. The van der Waals surface area contributed by atoms with E-state index in [0.717, 1.165) is 0 Å². The second-order valence-corrected chi connectivity index (χ2v) is 7.32. The zero-order valence-electron chi connectivity index (χ0n) is 13.7. The van der Waals surface area contributed by atoms with Crippen molar-refractivity contribution in [3.63, 3.8) is 0 Å². The number of benzene rings is 1. The van der Waals surface area contributed by atoms with Crippen LogP contribution in [-0.4, -0.2) is 12.6 Å². The molecule has 0 amide bonds. The van der Waals surface area contributed by atoms with E-state index in [0.29, 0.717) is 17.4 Å². The number of hydrogen-bond acceptors (Lipinski definition) is 1. The van der Waals surface area contributed by atoms with Crippen molar-refractivity contribution in [1.29, 1.82) is 0 Å². The van der Waals surface area contributed by atoms with Gasteiger partial charge in [0.05, 0.1) is 0 Å². The van der Waals surface area contributed by atoms with Gasteiger partial charge < -0.3 is 5.32 Å². The van der Waals surface area contributed by atoms with E-state index in [1.54, 1.807) is 0 Å². The van der Waals surface area contributed by atoms with E-state index in [2.05, 4.69) is 57.3 Å². The van der Waals surface area contributed by atoms with Gasteiger partial charge in [-0.15, -0.1) is 0 Å². The molecule has 112 valence electrons. The van der Waals surface area contributed by atoms with E-state index in [-0.39, 0.29) is 0 Å². The summed E-state index contributed by atoms with van der Waals surface area (Å²) >= 11 is 0. The van der Waals surface area contributed by atoms with Crippen LogP contribution in [0.5, 0.6) is 0 Å². The van der Waals surface area contributed by atoms with E-state index < -0.39 is 0 Å². The quantitative estimate of drug-likeness (QED) is 0.776. The van der Waals surface area contributed by atoms with Crippen LogP contribution in [0.1, 0.15) is 70.4 Å². The third kappa shape index (κ3) is 4.09. The molecule has 1 nitrogen and oxygen atoms in total. The van der Waals surface area contributed by atoms with Crippen molar-refractivity contribution in [3.8, 4) is 0 Å². The highest BCUT2D eigenvalue weighted by atomic mass is 14.9. The van der Waals surface area contributed by atoms with Gasteiger partial charge in [0.25, 0.3) is 0 Å². The molecule has 1 fully saturated rings. The molecule has 0 atom stereocenters. The molecule has 0 aliphatic heterocycles. The van der Waals surface area contributed by atoms with Gasteiger partial charge in [-0.1, -0.05) is 64.8 Å². The molecular weight excluding hydrogens is 242 g/mol. The monoisotopic (exact) mass is 273 g/mol. The molecule has 1 aromatic rings. The minimum atomic E-state index is 0.504. The van der Waals surface area contributed by atoms with Gasteiger partial charge in [0.1, 0.15) is 0 Å². The molecule has 1 saturated carbocycles. The summed E-state index contributed by atoms with van der Waals surface area (Å²) < 4.78 is 0. The van der Waals surface area contributed by atoms with Gasteiger partial charge >= 0.3 is 0 Å². The third-order valence-electron chi connectivity index (χ3n) is 4.78. The summed E-state index contributed by atoms with van der Waals surface area (Å²) in [5.74, 6) is 0.632. The zero-order chi connectivity index (χ0) is 14.6. The fourth-order valence-electron chi connectivity index (χ4n) is 3.42. The Morgan fingerprint density at radius 3 is 2.10 bits per heavy atom. The molecule has 0 radical (unpaired) electrons. The maximum atomic E-state index is 3.68. The lowest BCUT2D eigenvalue weighted by Crippen LogP contribution is -2.37. The van der Waals surface area contributed by atoms with E-state index in [1.807, 2.05) is 0 Å². The van der Waals surface area contributed by atoms with E-state index >= 15 is 0 Å². The van der Waals surface area contributed by atoms with Crippen molar-refractivity contribution in [2.24, 2.45) is 5.41 Å². The lowest BCUT2D eigenvalue weighted by molar-refractivity contribution is 0.269. The Kier molecular flexibility index (Phi) is 5.26.